The molecule has 0 aromatic heterocycles. The minimum absolute atomic E-state index is 0.00329. The Bertz CT molecular complexity index is 386. The lowest BCUT2D eigenvalue weighted by atomic mass is 9.53. The summed E-state index contributed by atoms with van der Waals surface area (Å²) < 4.78 is 0. The summed E-state index contributed by atoms with van der Waals surface area (Å²) in [6, 6.07) is -0.104. The number of rotatable bonds is 4. The van der Waals surface area contributed by atoms with Crippen LogP contribution >= 0.6 is 0 Å². The Morgan fingerprint density at radius 2 is 1.65 bits per heavy atom. The van der Waals surface area contributed by atoms with Crippen LogP contribution in [0.15, 0.2) is 0 Å². The van der Waals surface area contributed by atoms with Gasteiger partial charge in [0.25, 0.3) is 0 Å². The van der Waals surface area contributed by atoms with E-state index in [1.54, 1.807) is 7.05 Å². The second kappa shape index (κ2) is 4.93. The molecular formula is C15H24N2O3. The van der Waals surface area contributed by atoms with E-state index in [0.717, 1.165) is 37.0 Å². The van der Waals surface area contributed by atoms with Crippen molar-refractivity contribution in [1.82, 2.24) is 10.2 Å². The normalized spacial score (nSPS) is 37.8. The molecule has 4 aliphatic rings. The predicted molar refractivity (Wildman–Crippen MR) is 74.3 cm³/mol. The van der Waals surface area contributed by atoms with Gasteiger partial charge < -0.3 is 15.3 Å². The van der Waals surface area contributed by atoms with Crippen molar-refractivity contribution in [2.24, 2.45) is 17.8 Å². The number of carboxylic acid groups (broad SMARTS) is 1. The molecule has 0 radical (unpaired) electrons. The van der Waals surface area contributed by atoms with Crippen LogP contribution in [0.2, 0.25) is 0 Å². The Balaban J connectivity index is 1.59. The topological polar surface area (TPSA) is 69.6 Å². The van der Waals surface area contributed by atoms with E-state index in [2.05, 4.69) is 5.32 Å². The summed E-state index contributed by atoms with van der Waals surface area (Å²) in [7, 11) is 1.68. The molecule has 0 heterocycles. The van der Waals surface area contributed by atoms with E-state index in [-0.39, 0.29) is 24.5 Å². The highest BCUT2D eigenvalue weighted by molar-refractivity contribution is 5.76. The number of urea groups is 1. The second-order valence-corrected chi connectivity index (χ2v) is 7.19. The highest BCUT2D eigenvalue weighted by Crippen LogP contribution is 2.55. The summed E-state index contributed by atoms with van der Waals surface area (Å²) in [6.45, 7) is 0.271. The number of aliphatic carboxylic acids is 1. The van der Waals surface area contributed by atoms with E-state index in [1.807, 2.05) is 0 Å². The van der Waals surface area contributed by atoms with Gasteiger partial charge in [-0.1, -0.05) is 0 Å². The molecule has 0 aromatic carbocycles. The average Bonchev–Trinajstić information content (AvgIpc) is 2.33. The molecule has 4 bridgehead atoms. The molecule has 20 heavy (non-hydrogen) atoms. The van der Waals surface area contributed by atoms with Gasteiger partial charge in [-0.2, -0.15) is 0 Å². The van der Waals surface area contributed by atoms with Crippen LogP contribution in [-0.4, -0.2) is 41.1 Å². The number of nitrogens with zero attached hydrogens (tertiary/aromatic N) is 1. The maximum atomic E-state index is 12.3. The van der Waals surface area contributed by atoms with Gasteiger partial charge in [0, 0.05) is 19.1 Å². The first-order valence-corrected chi connectivity index (χ1v) is 7.71. The first-order chi connectivity index (χ1) is 9.46. The molecule has 2 amide bonds. The molecule has 0 aliphatic heterocycles. The van der Waals surface area contributed by atoms with Crippen LogP contribution in [0.25, 0.3) is 0 Å². The number of nitrogens with one attached hydrogen (secondary N) is 1. The number of carboxylic acids is 1. The van der Waals surface area contributed by atoms with Gasteiger partial charge >= 0.3 is 12.0 Å². The third-order valence-corrected chi connectivity index (χ3v) is 5.42. The lowest BCUT2D eigenvalue weighted by Crippen LogP contribution is -2.61. The quantitative estimate of drug-likeness (QED) is 0.828. The van der Waals surface area contributed by atoms with Gasteiger partial charge in [-0.15, -0.1) is 0 Å². The molecule has 4 saturated carbocycles. The standard InChI is InChI=1S/C15H24N2O3/c1-17(3-2-13(18)19)14(20)16-15-7-10-4-11(8-15)6-12(5-10)9-15/h10-12H,2-9H2,1H3,(H,16,20)(H,18,19). The third-order valence-electron chi connectivity index (χ3n) is 5.42. The second-order valence-electron chi connectivity index (χ2n) is 7.19. The zero-order valence-corrected chi connectivity index (χ0v) is 12.1. The number of hydrogen-bond acceptors (Lipinski definition) is 2. The molecule has 0 aromatic rings. The van der Waals surface area contributed by atoms with E-state index >= 15 is 0 Å². The Morgan fingerprint density at radius 3 is 2.10 bits per heavy atom. The van der Waals surface area contributed by atoms with Gasteiger partial charge in [0.1, 0.15) is 0 Å². The van der Waals surface area contributed by atoms with Crippen molar-refractivity contribution in [3.8, 4) is 0 Å². The molecule has 0 spiro atoms. The zero-order chi connectivity index (χ0) is 14.3. The summed E-state index contributed by atoms with van der Waals surface area (Å²) in [6.07, 6.45) is 7.43. The van der Waals surface area contributed by atoms with Gasteiger partial charge in [0.15, 0.2) is 0 Å². The number of carbonyl (C=O) groups excluding carboxylic acids is 1. The summed E-state index contributed by atoms with van der Waals surface area (Å²) in [5.41, 5.74) is 0.00329. The fourth-order valence-corrected chi connectivity index (χ4v) is 4.95. The molecule has 4 fully saturated rings. The molecule has 4 rings (SSSR count). The van der Waals surface area contributed by atoms with Crippen molar-refractivity contribution in [3.05, 3.63) is 0 Å². The zero-order valence-electron chi connectivity index (χ0n) is 12.1. The highest BCUT2D eigenvalue weighted by Gasteiger charge is 2.51. The average molecular weight is 280 g/mol. The van der Waals surface area contributed by atoms with Crippen LogP contribution in [0.4, 0.5) is 4.79 Å². The molecule has 5 nitrogen and oxygen atoms in total. The predicted octanol–water partition coefficient (Wildman–Crippen LogP) is 2.07. The van der Waals surface area contributed by atoms with Crippen LogP contribution in [0.5, 0.6) is 0 Å². The largest absolute Gasteiger partial charge is 0.481 e. The molecule has 0 saturated heterocycles. The number of amides is 2. The van der Waals surface area contributed by atoms with Gasteiger partial charge in [0.05, 0.1) is 6.42 Å². The van der Waals surface area contributed by atoms with Crippen LogP contribution in [0.1, 0.15) is 44.9 Å². The Hall–Kier alpha value is -1.26. The molecule has 0 unspecified atom stereocenters. The maximum absolute atomic E-state index is 12.3. The van der Waals surface area contributed by atoms with Crippen LogP contribution < -0.4 is 5.32 Å². The molecule has 112 valence electrons. The monoisotopic (exact) mass is 280 g/mol. The molecule has 2 N–H and O–H groups in total. The van der Waals surface area contributed by atoms with E-state index in [0.29, 0.717) is 0 Å². The summed E-state index contributed by atoms with van der Waals surface area (Å²) in [5.74, 6) is 1.53. The fraction of sp³-hybridized carbons (Fsp3) is 0.867. The van der Waals surface area contributed by atoms with E-state index in [4.69, 9.17) is 5.11 Å². The van der Waals surface area contributed by atoms with Crippen molar-refractivity contribution in [2.75, 3.05) is 13.6 Å². The molecule has 0 atom stereocenters. The SMILES string of the molecule is CN(CCC(=O)O)C(=O)NC12CC3CC(CC(C3)C1)C2. The van der Waals surface area contributed by atoms with Crippen molar-refractivity contribution in [1.29, 1.82) is 0 Å². The molecule has 4 aliphatic carbocycles. The maximum Gasteiger partial charge on any atom is 0.317 e. The summed E-state index contributed by atoms with van der Waals surface area (Å²) in [4.78, 5) is 24.3. The van der Waals surface area contributed by atoms with Gasteiger partial charge in [-0.25, -0.2) is 4.79 Å². The van der Waals surface area contributed by atoms with Gasteiger partial charge in [-0.05, 0) is 56.3 Å². The van der Waals surface area contributed by atoms with Crippen molar-refractivity contribution in [3.63, 3.8) is 0 Å². The van der Waals surface area contributed by atoms with Crippen molar-refractivity contribution in [2.45, 2.75) is 50.5 Å². The van der Waals surface area contributed by atoms with E-state index < -0.39 is 5.97 Å². The summed E-state index contributed by atoms with van der Waals surface area (Å²) in [5, 5.41) is 11.9. The van der Waals surface area contributed by atoms with Crippen LogP contribution in [0, 0.1) is 17.8 Å². The van der Waals surface area contributed by atoms with Crippen LogP contribution in [0.3, 0.4) is 0 Å². The molecular weight excluding hydrogens is 256 g/mol. The van der Waals surface area contributed by atoms with Crippen molar-refractivity contribution >= 4 is 12.0 Å². The molecule has 5 heteroatoms. The van der Waals surface area contributed by atoms with E-state index in [9.17, 15) is 9.59 Å². The summed E-state index contributed by atoms with van der Waals surface area (Å²) >= 11 is 0. The number of carbonyl (C=O) groups is 2. The number of hydrogen-bond donors (Lipinski definition) is 2. The van der Waals surface area contributed by atoms with Gasteiger partial charge in [0.2, 0.25) is 0 Å². The van der Waals surface area contributed by atoms with E-state index in [1.165, 1.54) is 24.2 Å². The first-order valence-electron chi connectivity index (χ1n) is 7.71. The van der Waals surface area contributed by atoms with Crippen molar-refractivity contribution < 1.29 is 14.7 Å². The lowest BCUT2D eigenvalue weighted by molar-refractivity contribution is -0.137. The lowest BCUT2D eigenvalue weighted by Gasteiger charge is -2.57. The smallest absolute Gasteiger partial charge is 0.317 e. The Labute approximate surface area is 119 Å². The Morgan fingerprint density at radius 1 is 1.15 bits per heavy atom. The third kappa shape index (κ3) is 2.63. The minimum Gasteiger partial charge on any atom is -0.481 e. The van der Waals surface area contributed by atoms with Gasteiger partial charge in [-0.3, -0.25) is 4.79 Å². The highest BCUT2D eigenvalue weighted by atomic mass is 16.4. The fourth-order valence-electron chi connectivity index (χ4n) is 4.95. The Kier molecular flexibility index (Phi) is 3.38. The first kappa shape index (κ1) is 13.7. The minimum atomic E-state index is -0.862. The van der Waals surface area contributed by atoms with Crippen LogP contribution in [-0.2, 0) is 4.79 Å².